The van der Waals surface area contributed by atoms with E-state index in [1.165, 1.54) is 11.3 Å². The molecule has 8 nitrogen and oxygen atoms in total. The number of carbonyl (C=O) groups excluding carboxylic acids is 1. The van der Waals surface area contributed by atoms with Crippen LogP contribution >= 0.6 is 34.5 Å². The topological polar surface area (TPSA) is 95.7 Å². The molecule has 2 heterocycles. The molecule has 0 saturated heterocycles. The van der Waals surface area contributed by atoms with E-state index in [2.05, 4.69) is 15.5 Å². The lowest BCUT2D eigenvalue weighted by molar-refractivity contribution is 0.102. The van der Waals surface area contributed by atoms with Crippen molar-refractivity contribution in [2.75, 3.05) is 25.1 Å². The number of ether oxygens (including phenoxy) is 3. The van der Waals surface area contributed by atoms with Crippen molar-refractivity contribution in [2.45, 2.75) is 20.8 Å². The molecule has 0 atom stereocenters. The lowest BCUT2D eigenvalue weighted by Gasteiger charge is -2.16. The molecule has 2 aromatic heterocycles. The second kappa shape index (κ2) is 10.0. The number of rotatable bonds is 9. The second-order valence-electron chi connectivity index (χ2n) is 5.71. The quantitative estimate of drug-likeness (QED) is 0.436. The van der Waals surface area contributed by atoms with Crippen LogP contribution in [-0.2, 0) is 0 Å². The van der Waals surface area contributed by atoms with Crippen molar-refractivity contribution in [3.05, 3.63) is 32.4 Å². The smallest absolute Gasteiger partial charge is 0.322 e. The Hall–Kier alpha value is -2.49. The van der Waals surface area contributed by atoms with E-state index in [1.54, 1.807) is 18.2 Å². The van der Waals surface area contributed by atoms with Gasteiger partial charge in [-0.3, -0.25) is 10.1 Å². The van der Waals surface area contributed by atoms with Gasteiger partial charge in [0.15, 0.2) is 11.5 Å². The Morgan fingerprint density at radius 1 is 1.03 bits per heavy atom. The Morgan fingerprint density at radius 2 is 1.67 bits per heavy atom. The maximum atomic E-state index is 12.8. The average Bonchev–Trinajstić information content (AvgIpc) is 3.29. The minimum Gasteiger partial charge on any atom is -0.490 e. The fourth-order valence-electron chi connectivity index (χ4n) is 2.56. The largest absolute Gasteiger partial charge is 0.490 e. The predicted octanol–water partition coefficient (Wildman–Crippen LogP) is 5.55. The van der Waals surface area contributed by atoms with Crippen molar-refractivity contribution in [1.29, 1.82) is 0 Å². The van der Waals surface area contributed by atoms with Crippen molar-refractivity contribution in [3.63, 3.8) is 0 Å². The predicted molar refractivity (Wildman–Crippen MR) is 116 cm³/mol. The van der Waals surface area contributed by atoms with E-state index in [0.717, 1.165) is 0 Å². The van der Waals surface area contributed by atoms with Crippen LogP contribution < -0.4 is 19.5 Å². The number of nitrogens with zero attached hydrogens (tertiary/aromatic N) is 2. The molecular weight excluding hydrogens is 453 g/mol. The summed E-state index contributed by atoms with van der Waals surface area (Å²) in [5.74, 6) is 0.921. The highest BCUT2D eigenvalue weighted by molar-refractivity contribution is 7.20. The molecule has 0 fully saturated rings. The summed E-state index contributed by atoms with van der Waals surface area (Å²) in [7, 11) is 0. The summed E-state index contributed by atoms with van der Waals surface area (Å²) in [5.41, 5.74) is 0.778. The average molecular weight is 472 g/mol. The van der Waals surface area contributed by atoms with Crippen molar-refractivity contribution in [2.24, 2.45) is 0 Å². The molecule has 0 saturated carbocycles. The number of hydrogen-bond donors (Lipinski definition) is 1. The van der Waals surface area contributed by atoms with E-state index in [1.807, 2.05) is 20.8 Å². The fraction of sp³-hybridized carbons (Fsp3) is 0.316. The number of amides is 1. The monoisotopic (exact) mass is 471 g/mol. The molecular formula is C19H19Cl2N3O5S. The van der Waals surface area contributed by atoms with E-state index >= 15 is 0 Å². The first-order valence-electron chi connectivity index (χ1n) is 9.13. The highest BCUT2D eigenvalue weighted by Gasteiger charge is 2.21. The maximum Gasteiger partial charge on any atom is 0.322 e. The molecule has 30 heavy (non-hydrogen) atoms. The number of thiophene rings is 1. The fourth-order valence-corrected chi connectivity index (χ4v) is 4.01. The molecule has 0 aliphatic heterocycles. The first kappa shape index (κ1) is 22.2. The number of aromatic nitrogens is 2. The van der Waals surface area contributed by atoms with Crippen LogP contribution in [0.2, 0.25) is 8.67 Å². The normalized spacial score (nSPS) is 10.7. The van der Waals surface area contributed by atoms with Crippen LogP contribution in [0.1, 0.15) is 31.1 Å². The molecule has 3 aromatic rings. The van der Waals surface area contributed by atoms with Gasteiger partial charge >= 0.3 is 6.01 Å². The van der Waals surface area contributed by atoms with Crippen molar-refractivity contribution < 1.29 is 23.4 Å². The molecule has 160 valence electrons. The molecule has 0 bridgehead atoms. The highest BCUT2D eigenvalue weighted by Crippen LogP contribution is 2.40. The Morgan fingerprint density at radius 3 is 2.20 bits per heavy atom. The van der Waals surface area contributed by atoms with E-state index in [-0.39, 0.29) is 17.5 Å². The van der Waals surface area contributed by atoms with Crippen LogP contribution in [-0.4, -0.2) is 35.9 Å². The molecule has 1 N–H and O–H groups in total. The van der Waals surface area contributed by atoms with Crippen LogP contribution in [0.25, 0.3) is 11.5 Å². The zero-order chi connectivity index (χ0) is 21.7. The minimum absolute atomic E-state index is 0.0850. The lowest BCUT2D eigenvalue weighted by atomic mass is 10.1. The van der Waals surface area contributed by atoms with Crippen molar-refractivity contribution >= 4 is 46.5 Å². The Labute approximate surface area is 187 Å². The molecule has 3 rings (SSSR count). The maximum absolute atomic E-state index is 12.8. The SMILES string of the molecule is CCOc1cc(C(=O)Nc2nnc(-c3cc(Cl)sc3Cl)o2)cc(OCC)c1OCC. The van der Waals surface area contributed by atoms with Gasteiger partial charge in [0.25, 0.3) is 11.8 Å². The first-order valence-corrected chi connectivity index (χ1v) is 10.7. The molecule has 0 unspecified atom stereocenters. The van der Waals surface area contributed by atoms with Crippen molar-refractivity contribution in [1.82, 2.24) is 10.2 Å². The summed E-state index contributed by atoms with van der Waals surface area (Å²) in [5, 5.41) is 10.3. The van der Waals surface area contributed by atoms with Gasteiger partial charge in [0.1, 0.15) is 4.34 Å². The van der Waals surface area contributed by atoms with Gasteiger partial charge in [0, 0.05) is 5.56 Å². The molecule has 0 spiro atoms. The Balaban J connectivity index is 1.87. The summed E-state index contributed by atoms with van der Waals surface area (Å²) in [6.45, 7) is 6.74. The van der Waals surface area contributed by atoms with Gasteiger partial charge in [-0.15, -0.1) is 16.4 Å². The molecule has 11 heteroatoms. The zero-order valence-corrected chi connectivity index (χ0v) is 18.8. The van der Waals surface area contributed by atoms with Gasteiger partial charge in [0.2, 0.25) is 5.75 Å². The Bertz CT molecular complexity index is 1010. The van der Waals surface area contributed by atoms with Crippen LogP contribution in [0, 0.1) is 0 Å². The summed E-state index contributed by atoms with van der Waals surface area (Å²) < 4.78 is 23.3. The Kier molecular flexibility index (Phi) is 7.41. The van der Waals surface area contributed by atoms with Crippen molar-refractivity contribution in [3.8, 4) is 28.7 Å². The molecule has 0 aliphatic carbocycles. The third-order valence-corrected chi connectivity index (χ3v) is 5.19. The van der Waals surface area contributed by atoms with E-state index in [9.17, 15) is 4.79 Å². The summed E-state index contributed by atoms with van der Waals surface area (Å²) in [6.07, 6.45) is 0. The van der Waals surface area contributed by atoms with E-state index in [4.69, 9.17) is 41.8 Å². The minimum atomic E-state index is -0.482. The summed E-state index contributed by atoms with van der Waals surface area (Å²) in [6, 6.07) is 4.67. The van der Waals surface area contributed by atoms with Gasteiger partial charge in [-0.05, 0) is 39.0 Å². The number of nitrogens with one attached hydrogen (secondary N) is 1. The molecule has 1 aromatic carbocycles. The standard InChI is InChI=1S/C19H19Cl2N3O5S/c1-4-26-12-7-10(8-13(27-5-2)15(12)28-6-3)17(25)22-19-24-23-18(29-19)11-9-14(20)30-16(11)21/h7-9H,4-6H2,1-3H3,(H,22,24,25). The lowest BCUT2D eigenvalue weighted by Crippen LogP contribution is -2.13. The van der Waals surface area contributed by atoms with E-state index < -0.39 is 5.91 Å². The van der Waals surface area contributed by atoms with Gasteiger partial charge < -0.3 is 18.6 Å². The molecule has 1 amide bonds. The number of halogens is 2. The third-order valence-electron chi connectivity index (χ3n) is 3.70. The number of hydrogen-bond acceptors (Lipinski definition) is 8. The zero-order valence-electron chi connectivity index (χ0n) is 16.5. The van der Waals surface area contributed by atoms with Gasteiger partial charge in [-0.25, -0.2) is 0 Å². The van der Waals surface area contributed by atoms with Crippen LogP contribution in [0.3, 0.4) is 0 Å². The summed E-state index contributed by atoms with van der Waals surface area (Å²) in [4.78, 5) is 12.8. The molecule has 0 aliphatic rings. The van der Waals surface area contributed by atoms with Crippen LogP contribution in [0.4, 0.5) is 6.01 Å². The van der Waals surface area contributed by atoms with Gasteiger partial charge in [-0.2, -0.15) is 0 Å². The van der Waals surface area contributed by atoms with Gasteiger partial charge in [0.05, 0.1) is 29.7 Å². The number of benzene rings is 1. The summed E-state index contributed by atoms with van der Waals surface area (Å²) >= 11 is 13.2. The van der Waals surface area contributed by atoms with Crippen LogP contribution in [0.5, 0.6) is 17.2 Å². The van der Waals surface area contributed by atoms with Crippen LogP contribution in [0.15, 0.2) is 22.6 Å². The number of carbonyl (C=O) groups is 1. The number of anilines is 1. The second-order valence-corrected chi connectivity index (χ2v) is 7.99. The third kappa shape index (κ3) is 4.97. The molecule has 0 radical (unpaired) electrons. The first-order chi connectivity index (χ1) is 14.5. The van der Waals surface area contributed by atoms with E-state index in [0.29, 0.717) is 51.3 Å². The highest BCUT2D eigenvalue weighted by atomic mass is 35.5. The van der Waals surface area contributed by atoms with Gasteiger partial charge in [-0.1, -0.05) is 28.3 Å².